The third-order valence-corrected chi connectivity index (χ3v) is 3.34. The monoisotopic (exact) mass is 309 g/mol. The van der Waals surface area contributed by atoms with Gasteiger partial charge in [-0.3, -0.25) is 9.89 Å². The summed E-state index contributed by atoms with van der Waals surface area (Å²) in [7, 11) is 1.47. The van der Waals surface area contributed by atoms with Crippen LogP contribution in [-0.4, -0.2) is 28.3 Å². The van der Waals surface area contributed by atoms with Crippen LogP contribution in [0, 0.1) is 0 Å². The van der Waals surface area contributed by atoms with Gasteiger partial charge in [0.2, 0.25) is 5.91 Å². The normalized spacial score (nSPS) is 11.0. The number of aromatic nitrogens is 2. The maximum atomic E-state index is 12.0. The minimum Gasteiger partial charge on any atom is -0.504 e. The third-order valence-electron chi connectivity index (χ3n) is 3.34. The average molecular weight is 309 g/mol. The second-order valence-corrected chi connectivity index (χ2v) is 4.93. The van der Waals surface area contributed by atoms with Crippen LogP contribution in [0.15, 0.2) is 48.7 Å². The molecule has 0 fully saturated rings. The van der Waals surface area contributed by atoms with Gasteiger partial charge in [0.15, 0.2) is 11.5 Å². The molecule has 1 aromatic heterocycles. The van der Waals surface area contributed by atoms with E-state index in [1.807, 2.05) is 12.1 Å². The molecule has 2 aromatic carbocycles. The molecule has 0 aliphatic heterocycles. The largest absolute Gasteiger partial charge is 0.504 e. The van der Waals surface area contributed by atoms with Gasteiger partial charge in [0.25, 0.3) is 0 Å². The predicted octanol–water partition coefficient (Wildman–Crippen LogP) is 2.93. The fourth-order valence-electron chi connectivity index (χ4n) is 2.17. The van der Waals surface area contributed by atoms with Crippen LogP contribution < -0.4 is 10.1 Å². The first-order chi connectivity index (χ1) is 11.2. The van der Waals surface area contributed by atoms with Gasteiger partial charge in [-0.2, -0.15) is 5.10 Å². The lowest BCUT2D eigenvalue weighted by Gasteiger charge is -2.04. The number of fused-ring (bicyclic) bond motifs is 1. The molecule has 116 valence electrons. The van der Waals surface area contributed by atoms with Crippen molar-refractivity contribution in [2.75, 3.05) is 12.4 Å². The van der Waals surface area contributed by atoms with Crippen LogP contribution in [0.5, 0.6) is 11.5 Å². The minimum atomic E-state index is -0.250. The summed E-state index contributed by atoms with van der Waals surface area (Å²) in [5.74, 6) is 0.167. The first-order valence-corrected chi connectivity index (χ1v) is 6.95. The molecule has 0 aliphatic carbocycles. The van der Waals surface area contributed by atoms with E-state index in [9.17, 15) is 9.90 Å². The number of methoxy groups -OCH3 is 1. The molecule has 1 heterocycles. The number of H-pyrrole nitrogens is 1. The van der Waals surface area contributed by atoms with Crippen molar-refractivity contribution < 1.29 is 14.6 Å². The topological polar surface area (TPSA) is 87.2 Å². The first-order valence-electron chi connectivity index (χ1n) is 6.95. The van der Waals surface area contributed by atoms with Gasteiger partial charge < -0.3 is 15.2 Å². The Morgan fingerprint density at radius 3 is 3.00 bits per heavy atom. The molecule has 3 N–H and O–H groups in total. The maximum Gasteiger partial charge on any atom is 0.248 e. The summed E-state index contributed by atoms with van der Waals surface area (Å²) >= 11 is 0. The lowest BCUT2D eigenvalue weighted by Crippen LogP contribution is -2.07. The summed E-state index contributed by atoms with van der Waals surface area (Å²) in [4.78, 5) is 12.0. The number of nitrogens with one attached hydrogen (secondary N) is 2. The number of ether oxygens (including phenoxy) is 1. The number of aromatic hydroxyl groups is 1. The Balaban J connectivity index is 1.70. The van der Waals surface area contributed by atoms with Crippen LogP contribution in [-0.2, 0) is 4.79 Å². The quantitative estimate of drug-likeness (QED) is 0.647. The number of anilines is 1. The molecule has 6 nitrogen and oxygen atoms in total. The zero-order valence-corrected chi connectivity index (χ0v) is 12.4. The van der Waals surface area contributed by atoms with Gasteiger partial charge in [0.1, 0.15) is 0 Å². The lowest BCUT2D eigenvalue weighted by atomic mass is 10.2. The molecule has 3 aromatic rings. The summed E-state index contributed by atoms with van der Waals surface area (Å²) in [6.07, 6.45) is 4.77. The van der Waals surface area contributed by atoms with E-state index in [4.69, 9.17) is 4.74 Å². The van der Waals surface area contributed by atoms with E-state index < -0.39 is 0 Å². The summed E-state index contributed by atoms with van der Waals surface area (Å²) in [6.45, 7) is 0. The second-order valence-electron chi connectivity index (χ2n) is 4.93. The van der Waals surface area contributed by atoms with Gasteiger partial charge in [0.05, 0.1) is 18.8 Å². The molecule has 0 radical (unpaired) electrons. The standard InChI is InChI=1S/C17H15N3O3/c1-23-16-8-11(2-6-15(16)21)3-7-17(22)19-13-4-5-14-12(9-13)10-18-20-14/h2-10,21H,1H3,(H,18,20)(H,19,22). The zero-order chi connectivity index (χ0) is 16.2. The molecule has 1 amide bonds. The number of phenols is 1. The highest BCUT2D eigenvalue weighted by Crippen LogP contribution is 2.26. The molecular formula is C17H15N3O3. The number of phenolic OH excluding ortho intramolecular Hbond substituents is 1. The molecule has 0 atom stereocenters. The van der Waals surface area contributed by atoms with Gasteiger partial charge in [0, 0.05) is 17.1 Å². The Labute approximate surface area is 132 Å². The van der Waals surface area contributed by atoms with Crippen molar-refractivity contribution >= 4 is 28.6 Å². The number of nitrogens with zero attached hydrogens (tertiary/aromatic N) is 1. The van der Waals surface area contributed by atoms with Crippen molar-refractivity contribution in [1.29, 1.82) is 0 Å². The number of hydrogen-bond acceptors (Lipinski definition) is 4. The van der Waals surface area contributed by atoms with Crippen molar-refractivity contribution in [2.45, 2.75) is 0 Å². The van der Waals surface area contributed by atoms with Crippen molar-refractivity contribution in [3.8, 4) is 11.5 Å². The van der Waals surface area contributed by atoms with E-state index in [0.717, 1.165) is 16.5 Å². The Morgan fingerprint density at radius 1 is 1.30 bits per heavy atom. The lowest BCUT2D eigenvalue weighted by molar-refractivity contribution is -0.111. The van der Waals surface area contributed by atoms with E-state index in [-0.39, 0.29) is 11.7 Å². The molecule has 0 aliphatic rings. The Bertz CT molecular complexity index is 884. The van der Waals surface area contributed by atoms with Crippen LogP contribution >= 0.6 is 0 Å². The number of amides is 1. The smallest absolute Gasteiger partial charge is 0.248 e. The summed E-state index contributed by atoms with van der Waals surface area (Å²) in [5.41, 5.74) is 2.35. The summed E-state index contributed by atoms with van der Waals surface area (Å²) in [5, 5.41) is 20.0. The SMILES string of the molecule is COc1cc(C=CC(=O)Nc2ccc3[nH]ncc3c2)ccc1O. The van der Waals surface area contributed by atoms with E-state index in [1.54, 1.807) is 30.5 Å². The van der Waals surface area contributed by atoms with E-state index >= 15 is 0 Å². The van der Waals surface area contributed by atoms with Crippen LogP contribution in [0.1, 0.15) is 5.56 Å². The molecule has 3 rings (SSSR count). The third kappa shape index (κ3) is 3.32. The van der Waals surface area contributed by atoms with Crippen molar-refractivity contribution in [3.05, 3.63) is 54.2 Å². The molecule has 23 heavy (non-hydrogen) atoms. The molecule has 0 saturated heterocycles. The molecular weight excluding hydrogens is 294 g/mol. The van der Waals surface area contributed by atoms with E-state index in [0.29, 0.717) is 11.4 Å². The van der Waals surface area contributed by atoms with Crippen molar-refractivity contribution in [1.82, 2.24) is 10.2 Å². The number of aromatic amines is 1. The van der Waals surface area contributed by atoms with Gasteiger partial charge in [-0.15, -0.1) is 0 Å². The first kappa shape index (κ1) is 14.6. The number of carbonyl (C=O) groups excluding carboxylic acids is 1. The van der Waals surface area contributed by atoms with Crippen molar-refractivity contribution in [3.63, 3.8) is 0 Å². The van der Waals surface area contributed by atoms with Gasteiger partial charge in [-0.25, -0.2) is 0 Å². The number of carbonyl (C=O) groups is 1. The fraction of sp³-hybridized carbons (Fsp3) is 0.0588. The molecule has 6 heteroatoms. The summed E-state index contributed by atoms with van der Waals surface area (Å²) < 4.78 is 5.03. The van der Waals surface area contributed by atoms with Crippen LogP contribution in [0.3, 0.4) is 0 Å². The highest BCUT2D eigenvalue weighted by molar-refractivity contribution is 6.02. The van der Waals surface area contributed by atoms with Gasteiger partial charge >= 0.3 is 0 Å². The van der Waals surface area contributed by atoms with Crippen LogP contribution in [0.2, 0.25) is 0 Å². The fourth-order valence-corrected chi connectivity index (χ4v) is 2.17. The highest BCUT2D eigenvalue weighted by atomic mass is 16.5. The van der Waals surface area contributed by atoms with Gasteiger partial charge in [-0.1, -0.05) is 6.07 Å². The number of rotatable bonds is 4. The van der Waals surface area contributed by atoms with Crippen LogP contribution in [0.4, 0.5) is 5.69 Å². The summed E-state index contributed by atoms with van der Waals surface area (Å²) in [6, 6.07) is 10.4. The molecule has 0 saturated carbocycles. The Kier molecular flexibility index (Phi) is 3.97. The molecule has 0 spiro atoms. The number of hydrogen-bond donors (Lipinski definition) is 3. The Hall–Kier alpha value is -3.28. The molecule has 0 bridgehead atoms. The molecule has 0 unspecified atom stereocenters. The second kappa shape index (κ2) is 6.23. The van der Waals surface area contributed by atoms with E-state index in [1.165, 1.54) is 19.3 Å². The zero-order valence-electron chi connectivity index (χ0n) is 12.4. The Morgan fingerprint density at radius 2 is 2.17 bits per heavy atom. The number of benzene rings is 2. The predicted molar refractivity (Wildman–Crippen MR) is 88.4 cm³/mol. The average Bonchev–Trinajstić information content (AvgIpc) is 3.01. The van der Waals surface area contributed by atoms with Crippen LogP contribution in [0.25, 0.3) is 17.0 Å². The minimum absolute atomic E-state index is 0.0579. The van der Waals surface area contributed by atoms with Crippen molar-refractivity contribution in [2.24, 2.45) is 0 Å². The van der Waals surface area contributed by atoms with E-state index in [2.05, 4.69) is 15.5 Å². The highest BCUT2D eigenvalue weighted by Gasteiger charge is 2.03. The van der Waals surface area contributed by atoms with Gasteiger partial charge in [-0.05, 0) is 42.0 Å². The maximum absolute atomic E-state index is 12.0.